The molecule has 110 valence electrons. The molecular formula is C13H20N4O3. The Bertz CT molecular complexity index is 485. The summed E-state index contributed by atoms with van der Waals surface area (Å²) in [6, 6.07) is 1.66. The topological polar surface area (TPSA) is 82.7 Å². The SMILES string of the molecule is Cc1ccnc(N2CCN(C[C@@H](C)O)CC2)c1[N+](=O)[O-]. The van der Waals surface area contributed by atoms with Crippen molar-refractivity contribution < 1.29 is 10.0 Å². The van der Waals surface area contributed by atoms with Crippen LogP contribution >= 0.6 is 0 Å². The van der Waals surface area contributed by atoms with E-state index in [0.717, 1.165) is 13.1 Å². The summed E-state index contributed by atoms with van der Waals surface area (Å²) < 4.78 is 0. The Morgan fingerprint density at radius 2 is 2.10 bits per heavy atom. The van der Waals surface area contributed by atoms with Crippen molar-refractivity contribution in [1.82, 2.24) is 9.88 Å². The third-order valence-corrected chi connectivity index (χ3v) is 3.48. The highest BCUT2D eigenvalue weighted by atomic mass is 16.6. The van der Waals surface area contributed by atoms with E-state index in [9.17, 15) is 15.2 Å². The summed E-state index contributed by atoms with van der Waals surface area (Å²) in [6.45, 7) is 7.05. The second-order valence-electron chi connectivity index (χ2n) is 5.19. The normalized spacial score (nSPS) is 18.1. The third kappa shape index (κ3) is 3.23. The number of β-amino-alcohol motifs (C(OH)–C–C–N with tert-alkyl or cyclic N) is 1. The maximum Gasteiger partial charge on any atom is 0.314 e. The Balaban J connectivity index is 2.11. The van der Waals surface area contributed by atoms with Gasteiger partial charge in [0.05, 0.1) is 11.0 Å². The lowest BCUT2D eigenvalue weighted by molar-refractivity contribution is -0.384. The first-order chi connectivity index (χ1) is 9.49. The van der Waals surface area contributed by atoms with Crippen LogP contribution in [0.4, 0.5) is 11.5 Å². The van der Waals surface area contributed by atoms with E-state index in [-0.39, 0.29) is 16.7 Å². The molecule has 0 saturated carbocycles. The van der Waals surface area contributed by atoms with Crippen LogP contribution in [0.15, 0.2) is 12.3 Å². The number of nitrogens with zero attached hydrogens (tertiary/aromatic N) is 4. The van der Waals surface area contributed by atoms with Crippen molar-refractivity contribution in [2.45, 2.75) is 20.0 Å². The summed E-state index contributed by atoms with van der Waals surface area (Å²) in [4.78, 5) is 19.1. The molecule has 0 bridgehead atoms. The van der Waals surface area contributed by atoms with E-state index in [2.05, 4.69) is 9.88 Å². The number of piperazine rings is 1. The first kappa shape index (κ1) is 14.7. The highest BCUT2D eigenvalue weighted by molar-refractivity contribution is 5.61. The summed E-state index contributed by atoms with van der Waals surface area (Å²) >= 11 is 0. The number of hydrogen-bond donors (Lipinski definition) is 1. The Kier molecular flexibility index (Phi) is 4.51. The van der Waals surface area contributed by atoms with Crippen molar-refractivity contribution in [3.05, 3.63) is 27.9 Å². The van der Waals surface area contributed by atoms with Crippen LogP contribution in [0.5, 0.6) is 0 Å². The summed E-state index contributed by atoms with van der Waals surface area (Å²) in [5, 5.41) is 20.6. The van der Waals surface area contributed by atoms with Crippen LogP contribution < -0.4 is 4.90 Å². The number of nitro groups is 1. The Morgan fingerprint density at radius 3 is 2.65 bits per heavy atom. The van der Waals surface area contributed by atoms with Crippen LogP contribution in [-0.2, 0) is 0 Å². The van der Waals surface area contributed by atoms with Crippen LogP contribution in [0.2, 0.25) is 0 Å². The van der Waals surface area contributed by atoms with E-state index >= 15 is 0 Å². The van der Waals surface area contributed by atoms with Gasteiger partial charge < -0.3 is 10.0 Å². The van der Waals surface area contributed by atoms with Crippen molar-refractivity contribution in [3.8, 4) is 0 Å². The fraction of sp³-hybridized carbons (Fsp3) is 0.615. The number of aliphatic hydroxyl groups is 1. The van der Waals surface area contributed by atoms with Gasteiger partial charge in [-0.05, 0) is 19.9 Å². The maximum atomic E-state index is 11.2. The molecule has 0 aromatic carbocycles. The van der Waals surface area contributed by atoms with Gasteiger partial charge in [-0.15, -0.1) is 0 Å². The molecule has 7 heteroatoms. The molecule has 1 fully saturated rings. The number of aromatic nitrogens is 1. The molecule has 0 amide bonds. The van der Waals surface area contributed by atoms with Gasteiger partial charge in [0.25, 0.3) is 0 Å². The standard InChI is InChI=1S/C13H20N4O3/c1-10-3-4-14-13(12(10)17(19)20)16-7-5-15(6-8-16)9-11(2)18/h3-4,11,18H,5-9H2,1-2H3/t11-/m1/s1. The molecule has 1 atom stereocenters. The van der Waals surface area contributed by atoms with Gasteiger partial charge in [0.2, 0.25) is 5.82 Å². The predicted molar refractivity (Wildman–Crippen MR) is 76.0 cm³/mol. The largest absolute Gasteiger partial charge is 0.392 e. The van der Waals surface area contributed by atoms with Gasteiger partial charge in [-0.1, -0.05) is 0 Å². The fourth-order valence-corrected chi connectivity index (χ4v) is 2.51. The van der Waals surface area contributed by atoms with E-state index in [1.165, 1.54) is 0 Å². The Morgan fingerprint density at radius 1 is 1.45 bits per heavy atom. The second-order valence-corrected chi connectivity index (χ2v) is 5.19. The van der Waals surface area contributed by atoms with Crippen molar-refractivity contribution >= 4 is 11.5 Å². The number of pyridine rings is 1. The molecule has 0 radical (unpaired) electrons. The van der Waals surface area contributed by atoms with Gasteiger partial charge in [0.1, 0.15) is 0 Å². The molecule has 1 aliphatic rings. The monoisotopic (exact) mass is 280 g/mol. The van der Waals surface area contributed by atoms with Gasteiger partial charge >= 0.3 is 5.69 Å². The predicted octanol–water partition coefficient (Wildman–Crippen LogP) is 0.801. The fourth-order valence-electron chi connectivity index (χ4n) is 2.51. The summed E-state index contributed by atoms with van der Waals surface area (Å²) in [7, 11) is 0. The first-order valence-electron chi connectivity index (χ1n) is 6.74. The van der Waals surface area contributed by atoms with E-state index in [1.807, 2.05) is 4.90 Å². The Labute approximate surface area is 118 Å². The number of rotatable bonds is 4. The number of aryl methyl sites for hydroxylation is 1. The van der Waals surface area contributed by atoms with Crippen LogP contribution in [0.25, 0.3) is 0 Å². The van der Waals surface area contributed by atoms with E-state index in [1.54, 1.807) is 26.1 Å². The highest BCUT2D eigenvalue weighted by Crippen LogP contribution is 2.29. The molecule has 1 aliphatic heterocycles. The molecule has 1 aromatic rings. The molecule has 7 nitrogen and oxygen atoms in total. The highest BCUT2D eigenvalue weighted by Gasteiger charge is 2.26. The van der Waals surface area contributed by atoms with Gasteiger partial charge in [0, 0.05) is 44.5 Å². The van der Waals surface area contributed by atoms with Crippen LogP contribution in [0.3, 0.4) is 0 Å². The van der Waals surface area contributed by atoms with Crippen molar-refractivity contribution in [2.75, 3.05) is 37.6 Å². The number of anilines is 1. The molecule has 1 aromatic heterocycles. The van der Waals surface area contributed by atoms with Gasteiger partial charge in [-0.25, -0.2) is 4.98 Å². The maximum absolute atomic E-state index is 11.2. The minimum absolute atomic E-state index is 0.0940. The molecule has 0 spiro atoms. The molecular weight excluding hydrogens is 260 g/mol. The van der Waals surface area contributed by atoms with Gasteiger partial charge in [-0.2, -0.15) is 0 Å². The zero-order chi connectivity index (χ0) is 14.7. The number of hydrogen-bond acceptors (Lipinski definition) is 6. The minimum Gasteiger partial charge on any atom is -0.392 e. The van der Waals surface area contributed by atoms with Gasteiger partial charge in [-0.3, -0.25) is 15.0 Å². The Hall–Kier alpha value is -1.73. The van der Waals surface area contributed by atoms with Crippen molar-refractivity contribution in [1.29, 1.82) is 0 Å². The van der Waals surface area contributed by atoms with Crippen LogP contribution in [0.1, 0.15) is 12.5 Å². The van der Waals surface area contributed by atoms with E-state index < -0.39 is 0 Å². The lowest BCUT2D eigenvalue weighted by Crippen LogP contribution is -2.48. The molecule has 1 saturated heterocycles. The van der Waals surface area contributed by atoms with Crippen LogP contribution in [0, 0.1) is 17.0 Å². The molecule has 2 heterocycles. The van der Waals surface area contributed by atoms with Crippen LogP contribution in [-0.4, -0.2) is 58.7 Å². The molecule has 2 rings (SSSR count). The lowest BCUT2D eigenvalue weighted by atomic mass is 10.2. The zero-order valence-electron chi connectivity index (χ0n) is 11.8. The average molecular weight is 280 g/mol. The van der Waals surface area contributed by atoms with E-state index in [4.69, 9.17) is 0 Å². The zero-order valence-corrected chi connectivity index (χ0v) is 11.8. The summed E-state index contributed by atoms with van der Waals surface area (Å²) in [5.74, 6) is 0.451. The second kappa shape index (κ2) is 6.15. The average Bonchev–Trinajstić information content (AvgIpc) is 2.38. The quantitative estimate of drug-likeness (QED) is 0.649. The summed E-state index contributed by atoms with van der Waals surface area (Å²) in [6.07, 6.45) is 1.26. The summed E-state index contributed by atoms with van der Waals surface area (Å²) in [5.41, 5.74) is 0.725. The van der Waals surface area contributed by atoms with E-state index in [0.29, 0.717) is 31.0 Å². The number of aliphatic hydroxyl groups excluding tert-OH is 1. The minimum atomic E-state index is -0.361. The molecule has 20 heavy (non-hydrogen) atoms. The van der Waals surface area contributed by atoms with Crippen molar-refractivity contribution in [2.24, 2.45) is 0 Å². The molecule has 1 N–H and O–H groups in total. The molecule has 0 unspecified atom stereocenters. The van der Waals surface area contributed by atoms with Gasteiger partial charge in [0.15, 0.2) is 0 Å². The first-order valence-corrected chi connectivity index (χ1v) is 6.74. The smallest absolute Gasteiger partial charge is 0.314 e. The molecule has 0 aliphatic carbocycles. The lowest BCUT2D eigenvalue weighted by Gasteiger charge is -2.35. The third-order valence-electron chi connectivity index (χ3n) is 3.48. The van der Waals surface area contributed by atoms with Crippen molar-refractivity contribution in [3.63, 3.8) is 0 Å².